The molecule has 2 rings (SSSR count). The molecule has 6 heteroatoms. The van der Waals surface area contributed by atoms with Gasteiger partial charge >= 0.3 is 6.18 Å². The van der Waals surface area contributed by atoms with Gasteiger partial charge in [-0.3, -0.25) is 4.79 Å². The van der Waals surface area contributed by atoms with Gasteiger partial charge in [0.1, 0.15) is 17.9 Å². The number of alkyl halides is 3. The SMILES string of the molecule is CC(=O)c1ccc(OCc2ccccc2)c(C(F)(F)F)c1I. The average molecular weight is 420 g/mol. The highest BCUT2D eigenvalue weighted by molar-refractivity contribution is 14.1. The highest BCUT2D eigenvalue weighted by Crippen LogP contribution is 2.41. The number of hydrogen-bond acceptors (Lipinski definition) is 2. The maximum absolute atomic E-state index is 13.3. The van der Waals surface area contributed by atoms with Crippen LogP contribution in [0.5, 0.6) is 5.75 Å². The van der Waals surface area contributed by atoms with Crippen LogP contribution >= 0.6 is 22.6 Å². The molecule has 0 atom stereocenters. The number of carbonyl (C=O) groups is 1. The Balaban J connectivity index is 2.39. The van der Waals surface area contributed by atoms with E-state index in [-0.39, 0.29) is 21.5 Å². The van der Waals surface area contributed by atoms with E-state index in [1.165, 1.54) is 19.1 Å². The fourth-order valence-corrected chi connectivity index (χ4v) is 3.08. The molecule has 0 heterocycles. The van der Waals surface area contributed by atoms with Gasteiger partial charge in [-0.2, -0.15) is 13.2 Å². The van der Waals surface area contributed by atoms with Gasteiger partial charge in [-0.15, -0.1) is 0 Å². The Kier molecular flexibility index (Phi) is 5.10. The summed E-state index contributed by atoms with van der Waals surface area (Å²) in [6, 6.07) is 11.5. The summed E-state index contributed by atoms with van der Waals surface area (Å²) in [7, 11) is 0. The number of ketones is 1. The van der Waals surface area contributed by atoms with Crippen molar-refractivity contribution in [1.82, 2.24) is 0 Å². The van der Waals surface area contributed by atoms with E-state index in [2.05, 4.69) is 0 Å². The van der Waals surface area contributed by atoms with Crippen molar-refractivity contribution in [3.8, 4) is 5.75 Å². The summed E-state index contributed by atoms with van der Waals surface area (Å²) in [5.74, 6) is -0.685. The van der Waals surface area contributed by atoms with E-state index in [9.17, 15) is 18.0 Å². The number of rotatable bonds is 4. The fraction of sp³-hybridized carbons (Fsp3) is 0.188. The third-order valence-corrected chi connectivity index (χ3v) is 4.12. The van der Waals surface area contributed by atoms with Crippen molar-refractivity contribution in [1.29, 1.82) is 0 Å². The number of Topliss-reactive ketones (excluding diaryl/α,β-unsaturated/α-hetero) is 1. The lowest BCUT2D eigenvalue weighted by molar-refractivity contribution is -0.139. The van der Waals surface area contributed by atoms with Crippen LogP contribution in [-0.2, 0) is 12.8 Å². The second-order valence-corrected chi connectivity index (χ2v) is 5.71. The van der Waals surface area contributed by atoms with Crippen LogP contribution in [0.1, 0.15) is 28.4 Å². The van der Waals surface area contributed by atoms with Gasteiger partial charge in [0.25, 0.3) is 0 Å². The Morgan fingerprint density at radius 2 is 1.77 bits per heavy atom. The van der Waals surface area contributed by atoms with Crippen molar-refractivity contribution in [3.05, 3.63) is 62.7 Å². The monoisotopic (exact) mass is 420 g/mol. The van der Waals surface area contributed by atoms with Gasteiger partial charge in [0.2, 0.25) is 0 Å². The van der Waals surface area contributed by atoms with Gasteiger partial charge in [-0.05, 0) is 47.2 Å². The lowest BCUT2D eigenvalue weighted by atomic mass is 10.1. The first-order valence-electron chi connectivity index (χ1n) is 6.38. The normalized spacial score (nSPS) is 11.3. The summed E-state index contributed by atoms with van der Waals surface area (Å²) in [4.78, 5) is 11.4. The number of halogens is 4. The van der Waals surface area contributed by atoms with Crippen molar-refractivity contribution >= 4 is 28.4 Å². The fourth-order valence-electron chi connectivity index (χ4n) is 1.95. The smallest absolute Gasteiger partial charge is 0.421 e. The van der Waals surface area contributed by atoms with E-state index in [1.54, 1.807) is 46.9 Å². The predicted octanol–water partition coefficient (Wildman–Crippen LogP) is 5.09. The Morgan fingerprint density at radius 1 is 1.14 bits per heavy atom. The molecule has 2 nitrogen and oxygen atoms in total. The summed E-state index contributed by atoms with van der Waals surface area (Å²) >= 11 is 1.54. The van der Waals surface area contributed by atoms with Crippen LogP contribution in [0.2, 0.25) is 0 Å². The lowest BCUT2D eigenvalue weighted by Crippen LogP contribution is -2.14. The standard InChI is InChI=1S/C16H12F3IO2/c1-10(21)12-7-8-13(14(15(12)20)16(17,18)19)22-9-11-5-3-2-4-6-11/h2-8H,9H2,1H3. The molecule has 0 aliphatic heterocycles. The molecular formula is C16H12F3IO2. The van der Waals surface area contributed by atoms with E-state index in [0.29, 0.717) is 0 Å². The van der Waals surface area contributed by atoms with Crippen molar-refractivity contribution < 1.29 is 22.7 Å². The molecule has 0 saturated heterocycles. The first kappa shape index (κ1) is 16.8. The molecule has 0 saturated carbocycles. The lowest BCUT2D eigenvalue weighted by Gasteiger charge is -2.17. The molecule has 2 aromatic rings. The number of hydrogen-bond donors (Lipinski definition) is 0. The largest absolute Gasteiger partial charge is 0.488 e. The molecule has 0 N–H and O–H groups in total. The van der Waals surface area contributed by atoms with Crippen LogP contribution in [-0.4, -0.2) is 5.78 Å². The van der Waals surface area contributed by atoms with Crippen LogP contribution in [0.4, 0.5) is 13.2 Å². The Hall–Kier alpha value is -1.57. The van der Waals surface area contributed by atoms with E-state index >= 15 is 0 Å². The zero-order valence-corrected chi connectivity index (χ0v) is 13.7. The van der Waals surface area contributed by atoms with Crippen molar-refractivity contribution in [2.45, 2.75) is 19.7 Å². The summed E-state index contributed by atoms with van der Waals surface area (Å²) in [5, 5.41) is 0. The van der Waals surface area contributed by atoms with E-state index in [1.807, 2.05) is 6.07 Å². The maximum Gasteiger partial charge on any atom is 0.421 e. The molecule has 116 valence electrons. The highest BCUT2D eigenvalue weighted by atomic mass is 127. The topological polar surface area (TPSA) is 26.3 Å². The molecule has 22 heavy (non-hydrogen) atoms. The zero-order valence-electron chi connectivity index (χ0n) is 11.6. The second kappa shape index (κ2) is 6.68. The molecule has 2 aromatic carbocycles. The highest BCUT2D eigenvalue weighted by Gasteiger charge is 2.38. The predicted molar refractivity (Wildman–Crippen MR) is 84.9 cm³/mol. The van der Waals surface area contributed by atoms with Crippen LogP contribution in [0, 0.1) is 3.57 Å². The number of ether oxygens (including phenoxy) is 1. The minimum atomic E-state index is -4.59. The number of benzene rings is 2. The zero-order chi connectivity index (χ0) is 16.3. The van der Waals surface area contributed by atoms with Gasteiger partial charge < -0.3 is 4.74 Å². The van der Waals surface area contributed by atoms with Crippen molar-refractivity contribution in [3.63, 3.8) is 0 Å². The van der Waals surface area contributed by atoms with Gasteiger partial charge in [0.05, 0.1) is 0 Å². The summed E-state index contributed by atoms with van der Waals surface area (Å²) < 4.78 is 45.0. The summed E-state index contributed by atoms with van der Waals surface area (Å²) in [5.41, 5.74) is -0.0991. The molecule has 0 unspecified atom stereocenters. The van der Waals surface area contributed by atoms with Crippen LogP contribution in [0.15, 0.2) is 42.5 Å². The molecule has 0 spiro atoms. The van der Waals surface area contributed by atoms with Crippen molar-refractivity contribution in [2.24, 2.45) is 0 Å². The molecule has 0 bridgehead atoms. The molecule has 0 radical (unpaired) electrons. The van der Waals surface area contributed by atoms with Gasteiger partial charge in [0.15, 0.2) is 5.78 Å². The minimum Gasteiger partial charge on any atom is -0.488 e. The average Bonchev–Trinajstić information content (AvgIpc) is 2.44. The molecule has 0 aliphatic carbocycles. The van der Waals surface area contributed by atoms with E-state index < -0.39 is 17.5 Å². The van der Waals surface area contributed by atoms with Crippen LogP contribution in [0.25, 0.3) is 0 Å². The van der Waals surface area contributed by atoms with E-state index in [4.69, 9.17) is 4.74 Å². The Labute approximate surface area is 139 Å². The molecule has 0 aromatic heterocycles. The van der Waals surface area contributed by atoms with Gasteiger partial charge in [0, 0.05) is 9.13 Å². The summed E-state index contributed by atoms with van der Waals surface area (Å²) in [6.45, 7) is 1.27. The molecule has 0 aliphatic rings. The summed E-state index contributed by atoms with van der Waals surface area (Å²) in [6.07, 6.45) is -4.59. The van der Waals surface area contributed by atoms with Gasteiger partial charge in [-0.25, -0.2) is 0 Å². The second-order valence-electron chi connectivity index (χ2n) is 4.63. The molecule has 0 fully saturated rings. The van der Waals surface area contributed by atoms with Crippen LogP contribution in [0.3, 0.4) is 0 Å². The van der Waals surface area contributed by atoms with E-state index in [0.717, 1.165) is 5.56 Å². The Morgan fingerprint density at radius 3 is 2.32 bits per heavy atom. The third-order valence-electron chi connectivity index (χ3n) is 3.00. The molecular weight excluding hydrogens is 408 g/mol. The number of carbonyl (C=O) groups excluding carboxylic acids is 1. The molecule has 0 amide bonds. The van der Waals surface area contributed by atoms with Crippen molar-refractivity contribution in [2.75, 3.05) is 0 Å². The van der Waals surface area contributed by atoms with Crippen LogP contribution < -0.4 is 4.74 Å². The first-order chi connectivity index (χ1) is 10.3. The Bertz CT molecular complexity index is 682. The third kappa shape index (κ3) is 3.79. The minimum absolute atomic E-state index is 0.0272. The maximum atomic E-state index is 13.3. The quantitative estimate of drug-likeness (QED) is 0.509. The van der Waals surface area contributed by atoms with Gasteiger partial charge in [-0.1, -0.05) is 30.3 Å². The first-order valence-corrected chi connectivity index (χ1v) is 7.46.